The van der Waals surface area contributed by atoms with Crippen molar-refractivity contribution in [3.05, 3.63) is 35.9 Å². The molecule has 0 amide bonds. The Morgan fingerprint density at radius 1 is 1.47 bits per heavy atom. The van der Waals surface area contributed by atoms with E-state index in [2.05, 4.69) is 10.8 Å². The topological polar surface area (TPSA) is 50.1 Å². The molecule has 0 saturated heterocycles. The number of nitrogens with zero attached hydrogens (tertiary/aromatic N) is 1. The molecule has 1 rings (SSSR count). The molecule has 1 aromatic carbocycles. The lowest BCUT2D eigenvalue weighted by Gasteiger charge is -2.22. The van der Waals surface area contributed by atoms with Gasteiger partial charge in [-0.3, -0.25) is 4.79 Å². The van der Waals surface area contributed by atoms with Crippen LogP contribution in [0.1, 0.15) is 31.7 Å². The number of benzene rings is 1. The summed E-state index contributed by atoms with van der Waals surface area (Å²) in [5, 5.41) is 9.13. The summed E-state index contributed by atoms with van der Waals surface area (Å²) in [6.45, 7) is 3.63. The van der Waals surface area contributed by atoms with Gasteiger partial charge in [-0.05, 0) is 24.8 Å². The number of ether oxygens (including phenoxy) is 1. The molecule has 17 heavy (non-hydrogen) atoms. The smallest absolute Gasteiger partial charge is 0.325 e. The third-order valence-electron chi connectivity index (χ3n) is 2.97. The van der Waals surface area contributed by atoms with Gasteiger partial charge in [0.15, 0.2) is 5.41 Å². The first-order chi connectivity index (χ1) is 8.03. The average molecular weight is 231 g/mol. The van der Waals surface area contributed by atoms with E-state index in [1.54, 1.807) is 6.92 Å². The average Bonchev–Trinajstić information content (AvgIpc) is 2.38. The molecule has 0 aromatic heterocycles. The van der Waals surface area contributed by atoms with E-state index in [1.807, 2.05) is 37.3 Å². The second kappa shape index (κ2) is 5.49. The van der Waals surface area contributed by atoms with Crippen LogP contribution in [0.2, 0.25) is 0 Å². The fourth-order valence-corrected chi connectivity index (χ4v) is 1.91. The number of carbonyl (C=O) groups is 1. The second-order valence-electron chi connectivity index (χ2n) is 4.45. The number of carbonyl (C=O) groups excluding carboxylic acids is 1. The Hall–Kier alpha value is -1.82. The van der Waals surface area contributed by atoms with Crippen LogP contribution in [0, 0.1) is 16.7 Å². The zero-order chi connectivity index (χ0) is 12.9. The molecule has 0 aliphatic heterocycles. The van der Waals surface area contributed by atoms with Gasteiger partial charge in [0.1, 0.15) is 0 Å². The van der Waals surface area contributed by atoms with E-state index >= 15 is 0 Å². The van der Waals surface area contributed by atoms with Crippen molar-refractivity contribution in [2.45, 2.75) is 26.2 Å². The van der Waals surface area contributed by atoms with Crippen LogP contribution in [0.15, 0.2) is 30.3 Å². The SMILES string of the molecule is COC(=O)[C@@](C)(C#N)C[C@@H](C)c1ccccc1. The molecule has 1 aromatic rings. The molecule has 0 aliphatic carbocycles. The Morgan fingerprint density at radius 2 is 2.06 bits per heavy atom. The highest BCUT2D eigenvalue weighted by atomic mass is 16.5. The first-order valence-electron chi connectivity index (χ1n) is 5.58. The van der Waals surface area contributed by atoms with Crippen molar-refractivity contribution in [3.8, 4) is 6.07 Å². The van der Waals surface area contributed by atoms with Crippen LogP contribution in [0.5, 0.6) is 0 Å². The molecular formula is C14H17NO2. The normalized spacial score (nSPS) is 15.4. The van der Waals surface area contributed by atoms with E-state index in [9.17, 15) is 4.79 Å². The summed E-state index contributed by atoms with van der Waals surface area (Å²) in [4.78, 5) is 11.6. The molecule has 3 nitrogen and oxygen atoms in total. The zero-order valence-corrected chi connectivity index (χ0v) is 10.4. The highest BCUT2D eigenvalue weighted by Crippen LogP contribution is 2.32. The van der Waals surface area contributed by atoms with Gasteiger partial charge in [0.25, 0.3) is 0 Å². The molecule has 0 N–H and O–H groups in total. The quantitative estimate of drug-likeness (QED) is 0.749. The predicted molar refractivity (Wildman–Crippen MR) is 65.2 cm³/mol. The second-order valence-corrected chi connectivity index (χ2v) is 4.45. The van der Waals surface area contributed by atoms with Gasteiger partial charge < -0.3 is 4.74 Å². The number of hydrogen-bond acceptors (Lipinski definition) is 3. The van der Waals surface area contributed by atoms with Crippen molar-refractivity contribution in [2.24, 2.45) is 5.41 Å². The number of esters is 1. The van der Waals surface area contributed by atoms with Crippen LogP contribution >= 0.6 is 0 Å². The Morgan fingerprint density at radius 3 is 2.53 bits per heavy atom. The molecular weight excluding hydrogens is 214 g/mol. The molecule has 0 radical (unpaired) electrons. The Bertz CT molecular complexity index is 422. The van der Waals surface area contributed by atoms with E-state index in [-0.39, 0.29) is 5.92 Å². The van der Waals surface area contributed by atoms with Crippen molar-refractivity contribution in [3.63, 3.8) is 0 Å². The van der Waals surface area contributed by atoms with Crippen LogP contribution in [-0.4, -0.2) is 13.1 Å². The third kappa shape index (κ3) is 3.07. The number of nitriles is 1. The van der Waals surface area contributed by atoms with Crippen LogP contribution in [-0.2, 0) is 9.53 Å². The summed E-state index contributed by atoms with van der Waals surface area (Å²) in [5.74, 6) is -0.331. The first-order valence-corrected chi connectivity index (χ1v) is 5.58. The van der Waals surface area contributed by atoms with E-state index in [0.717, 1.165) is 5.56 Å². The van der Waals surface area contributed by atoms with Crippen LogP contribution in [0.25, 0.3) is 0 Å². The van der Waals surface area contributed by atoms with Gasteiger partial charge >= 0.3 is 5.97 Å². The Kier molecular flexibility index (Phi) is 4.28. The molecule has 0 heterocycles. The maximum atomic E-state index is 11.6. The monoisotopic (exact) mass is 231 g/mol. The standard InChI is InChI=1S/C14H17NO2/c1-11(12-7-5-4-6-8-12)9-14(2,10-15)13(16)17-3/h4-8,11H,9H2,1-3H3/t11-,14-/m1/s1. The minimum absolute atomic E-state index is 0.139. The van der Waals surface area contributed by atoms with E-state index in [1.165, 1.54) is 7.11 Å². The van der Waals surface area contributed by atoms with Crippen molar-refractivity contribution < 1.29 is 9.53 Å². The van der Waals surface area contributed by atoms with E-state index in [0.29, 0.717) is 6.42 Å². The Labute approximate surface area is 102 Å². The summed E-state index contributed by atoms with van der Waals surface area (Å²) in [5.41, 5.74) is 0.0437. The van der Waals surface area contributed by atoms with Gasteiger partial charge in [-0.2, -0.15) is 5.26 Å². The maximum Gasteiger partial charge on any atom is 0.325 e. The minimum atomic E-state index is -1.08. The first kappa shape index (κ1) is 13.2. The fourth-order valence-electron chi connectivity index (χ4n) is 1.91. The molecule has 0 saturated carbocycles. The number of methoxy groups -OCH3 is 1. The number of hydrogen-bond donors (Lipinski definition) is 0. The van der Waals surface area contributed by atoms with Gasteiger partial charge in [-0.1, -0.05) is 37.3 Å². The van der Waals surface area contributed by atoms with Gasteiger partial charge in [-0.15, -0.1) is 0 Å². The van der Waals surface area contributed by atoms with Crippen molar-refractivity contribution in [1.82, 2.24) is 0 Å². The van der Waals surface area contributed by atoms with Crippen molar-refractivity contribution in [1.29, 1.82) is 5.26 Å². The molecule has 0 unspecified atom stereocenters. The summed E-state index contributed by atoms with van der Waals surface area (Å²) in [7, 11) is 1.31. The summed E-state index contributed by atoms with van der Waals surface area (Å²) in [6, 6.07) is 11.9. The molecule has 0 bridgehead atoms. The zero-order valence-electron chi connectivity index (χ0n) is 10.4. The van der Waals surface area contributed by atoms with Crippen molar-refractivity contribution >= 4 is 5.97 Å². The lowest BCUT2D eigenvalue weighted by Crippen LogP contribution is -2.29. The van der Waals surface area contributed by atoms with Crippen molar-refractivity contribution in [2.75, 3.05) is 7.11 Å². The lowest BCUT2D eigenvalue weighted by molar-refractivity contribution is -0.149. The molecule has 3 heteroatoms. The molecule has 0 spiro atoms. The lowest BCUT2D eigenvalue weighted by atomic mass is 9.80. The fraction of sp³-hybridized carbons (Fsp3) is 0.429. The maximum absolute atomic E-state index is 11.6. The third-order valence-corrected chi connectivity index (χ3v) is 2.97. The molecule has 0 fully saturated rings. The largest absolute Gasteiger partial charge is 0.468 e. The summed E-state index contributed by atoms with van der Waals surface area (Å²) >= 11 is 0. The van der Waals surface area contributed by atoms with Gasteiger partial charge in [0.2, 0.25) is 0 Å². The highest BCUT2D eigenvalue weighted by Gasteiger charge is 2.36. The van der Waals surface area contributed by atoms with Crippen LogP contribution in [0.3, 0.4) is 0 Å². The molecule has 2 atom stereocenters. The van der Waals surface area contributed by atoms with E-state index in [4.69, 9.17) is 5.26 Å². The van der Waals surface area contributed by atoms with Gasteiger partial charge in [-0.25, -0.2) is 0 Å². The summed E-state index contributed by atoms with van der Waals surface area (Å²) in [6.07, 6.45) is 0.459. The minimum Gasteiger partial charge on any atom is -0.468 e. The van der Waals surface area contributed by atoms with Gasteiger partial charge in [0.05, 0.1) is 13.2 Å². The summed E-state index contributed by atoms with van der Waals surface area (Å²) < 4.78 is 4.68. The highest BCUT2D eigenvalue weighted by molar-refractivity contribution is 5.79. The van der Waals surface area contributed by atoms with Crippen LogP contribution < -0.4 is 0 Å². The molecule has 90 valence electrons. The molecule has 0 aliphatic rings. The van der Waals surface area contributed by atoms with Crippen LogP contribution in [0.4, 0.5) is 0 Å². The van der Waals surface area contributed by atoms with Gasteiger partial charge in [0, 0.05) is 0 Å². The Balaban J connectivity index is 2.84. The van der Waals surface area contributed by atoms with E-state index < -0.39 is 11.4 Å². The predicted octanol–water partition coefficient (Wildman–Crippen LogP) is 2.88. The number of rotatable bonds is 4.